The number of halogens is 1. The van der Waals surface area contributed by atoms with Crippen molar-refractivity contribution in [3.05, 3.63) is 22.4 Å². The summed E-state index contributed by atoms with van der Waals surface area (Å²) in [6, 6.07) is 2.97. The van der Waals surface area contributed by atoms with Crippen molar-refractivity contribution in [3.63, 3.8) is 0 Å². The molecule has 0 saturated heterocycles. The molecule has 17 heavy (non-hydrogen) atoms. The minimum Gasteiger partial charge on any atom is -0.339 e. The predicted molar refractivity (Wildman–Crippen MR) is 70.1 cm³/mol. The topological polar surface area (TPSA) is 25.2 Å². The van der Waals surface area contributed by atoms with E-state index in [-0.39, 0.29) is 5.91 Å². The van der Waals surface area contributed by atoms with E-state index in [2.05, 4.69) is 20.5 Å². The summed E-state index contributed by atoms with van der Waals surface area (Å²) in [7, 11) is 1.93. The van der Waals surface area contributed by atoms with Crippen LogP contribution in [0.15, 0.2) is 16.7 Å². The molecule has 1 heterocycles. The molecule has 0 atom stereocenters. The molecule has 1 aromatic rings. The Kier molecular flexibility index (Phi) is 2.77. The number of hydrogen-bond donors (Lipinski definition) is 0. The van der Waals surface area contributed by atoms with Crippen molar-refractivity contribution in [2.45, 2.75) is 44.2 Å². The van der Waals surface area contributed by atoms with Crippen LogP contribution >= 0.6 is 15.9 Å². The first kappa shape index (κ1) is 11.3. The number of rotatable bonds is 3. The summed E-state index contributed by atoms with van der Waals surface area (Å²) in [6.45, 7) is 0. The number of aromatic nitrogens is 1. The van der Waals surface area contributed by atoms with Crippen molar-refractivity contribution >= 4 is 21.8 Å². The van der Waals surface area contributed by atoms with E-state index < -0.39 is 0 Å². The molecule has 2 fully saturated rings. The fraction of sp³-hybridized carbons (Fsp3) is 0.615. The van der Waals surface area contributed by atoms with Gasteiger partial charge in [0.2, 0.25) is 0 Å². The second-order valence-electron chi connectivity index (χ2n) is 5.18. The summed E-state index contributed by atoms with van der Waals surface area (Å²) in [4.78, 5) is 14.4. The molecule has 0 aliphatic heterocycles. The summed E-state index contributed by atoms with van der Waals surface area (Å²) >= 11 is 3.47. The Morgan fingerprint density at radius 3 is 2.65 bits per heavy atom. The zero-order valence-electron chi connectivity index (χ0n) is 10.0. The van der Waals surface area contributed by atoms with Crippen LogP contribution in [0.5, 0.6) is 0 Å². The van der Waals surface area contributed by atoms with Gasteiger partial charge in [-0.15, -0.1) is 0 Å². The van der Waals surface area contributed by atoms with E-state index in [1.807, 2.05) is 24.2 Å². The van der Waals surface area contributed by atoms with Crippen LogP contribution < -0.4 is 0 Å². The van der Waals surface area contributed by atoms with E-state index in [4.69, 9.17) is 0 Å². The monoisotopic (exact) mass is 296 g/mol. The highest BCUT2D eigenvalue weighted by Gasteiger charge is 2.31. The normalized spacial score (nSPS) is 20.1. The van der Waals surface area contributed by atoms with Crippen molar-refractivity contribution in [2.75, 3.05) is 7.05 Å². The van der Waals surface area contributed by atoms with Gasteiger partial charge in [0, 0.05) is 29.8 Å². The standard InChI is InChI=1S/C13H17BrN2O/c1-15(10-3-2-4-10)13(17)12-7-9(14)8-16(12)11-5-6-11/h7-8,10-11H,2-6H2,1H3. The first-order chi connectivity index (χ1) is 8.16. The first-order valence-electron chi connectivity index (χ1n) is 6.31. The molecule has 3 nitrogen and oxygen atoms in total. The third-order valence-electron chi connectivity index (χ3n) is 3.92. The summed E-state index contributed by atoms with van der Waals surface area (Å²) in [5.74, 6) is 0.173. The van der Waals surface area contributed by atoms with Crippen LogP contribution in [0.2, 0.25) is 0 Å². The first-order valence-corrected chi connectivity index (χ1v) is 7.10. The van der Waals surface area contributed by atoms with E-state index in [0.29, 0.717) is 12.1 Å². The minimum absolute atomic E-state index is 0.173. The highest BCUT2D eigenvalue weighted by atomic mass is 79.9. The van der Waals surface area contributed by atoms with Crippen molar-refractivity contribution < 1.29 is 4.79 Å². The van der Waals surface area contributed by atoms with Crippen LogP contribution in [0.4, 0.5) is 0 Å². The van der Waals surface area contributed by atoms with E-state index in [1.165, 1.54) is 19.3 Å². The van der Waals surface area contributed by atoms with Crippen molar-refractivity contribution in [2.24, 2.45) is 0 Å². The summed E-state index contributed by atoms with van der Waals surface area (Å²) in [5.41, 5.74) is 0.841. The molecule has 1 aromatic heterocycles. The van der Waals surface area contributed by atoms with Crippen LogP contribution in [0.1, 0.15) is 48.6 Å². The van der Waals surface area contributed by atoms with E-state index in [9.17, 15) is 4.79 Å². The van der Waals surface area contributed by atoms with Gasteiger partial charge in [0.15, 0.2) is 0 Å². The molecule has 2 aliphatic rings. The number of carbonyl (C=O) groups excluding carboxylic acids is 1. The lowest BCUT2D eigenvalue weighted by molar-refractivity contribution is 0.0641. The van der Waals surface area contributed by atoms with Gasteiger partial charge in [-0.1, -0.05) is 0 Å². The minimum atomic E-state index is 0.173. The average molecular weight is 297 g/mol. The molecule has 0 bridgehead atoms. The third kappa shape index (κ3) is 2.03. The number of amides is 1. The Labute approximate surface area is 110 Å². The lowest BCUT2D eigenvalue weighted by atomic mass is 9.92. The maximum Gasteiger partial charge on any atom is 0.270 e. The highest BCUT2D eigenvalue weighted by molar-refractivity contribution is 9.10. The zero-order valence-corrected chi connectivity index (χ0v) is 11.6. The molecule has 92 valence electrons. The van der Waals surface area contributed by atoms with Crippen LogP contribution in [0.3, 0.4) is 0 Å². The molecule has 1 amide bonds. The van der Waals surface area contributed by atoms with Crippen molar-refractivity contribution in [1.82, 2.24) is 9.47 Å². The van der Waals surface area contributed by atoms with E-state index >= 15 is 0 Å². The second kappa shape index (κ2) is 4.16. The van der Waals surface area contributed by atoms with Crippen LogP contribution in [0.25, 0.3) is 0 Å². The highest BCUT2D eigenvalue weighted by Crippen LogP contribution is 2.38. The molecule has 0 N–H and O–H groups in total. The van der Waals surface area contributed by atoms with Gasteiger partial charge in [0.05, 0.1) is 0 Å². The molecule has 4 heteroatoms. The van der Waals surface area contributed by atoms with Crippen molar-refractivity contribution in [1.29, 1.82) is 0 Å². The Morgan fingerprint density at radius 1 is 1.41 bits per heavy atom. The fourth-order valence-corrected chi connectivity index (χ4v) is 2.83. The van der Waals surface area contributed by atoms with Gasteiger partial charge >= 0.3 is 0 Å². The fourth-order valence-electron chi connectivity index (χ4n) is 2.39. The van der Waals surface area contributed by atoms with E-state index in [1.54, 1.807) is 0 Å². The molecule has 3 rings (SSSR count). The lowest BCUT2D eigenvalue weighted by Gasteiger charge is -2.34. The van der Waals surface area contributed by atoms with Crippen molar-refractivity contribution in [3.8, 4) is 0 Å². The predicted octanol–water partition coefficient (Wildman–Crippen LogP) is 3.21. The molecule has 0 spiro atoms. The summed E-state index contributed by atoms with van der Waals surface area (Å²) in [6.07, 6.45) is 8.03. The number of hydrogen-bond acceptors (Lipinski definition) is 1. The van der Waals surface area contributed by atoms with Gasteiger partial charge in [0.25, 0.3) is 5.91 Å². The molecular weight excluding hydrogens is 280 g/mol. The van der Waals surface area contributed by atoms with Gasteiger partial charge in [-0.05, 0) is 54.1 Å². The molecule has 0 aromatic carbocycles. The molecule has 0 radical (unpaired) electrons. The molecular formula is C13H17BrN2O. The van der Waals surface area contributed by atoms with E-state index in [0.717, 1.165) is 23.0 Å². The Balaban J connectivity index is 1.84. The van der Waals surface area contributed by atoms with Gasteiger partial charge in [-0.2, -0.15) is 0 Å². The second-order valence-corrected chi connectivity index (χ2v) is 6.10. The van der Waals surface area contributed by atoms with Gasteiger partial charge in [-0.3, -0.25) is 4.79 Å². The Bertz CT molecular complexity index is 446. The number of nitrogens with zero attached hydrogens (tertiary/aromatic N) is 2. The smallest absolute Gasteiger partial charge is 0.270 e. The summed E-state index contributed by atoms with van der Waals surface area (Å²) < 4.78 is 3.15. The largest absolute Gasteiger partial charge is 0.339 e. The average Bonchev–Trinajstić information content (AvgIpc) is 2.98. The summed E-state index contributed by atoms with van der Waals surface area (Å²) in [5, 5.41) is 0. The Morgan fingerprint density at radius 2 is 2.12 bits per heavy atom. The Hall–Kier alpha value is -0.770. The molecule has 2 aliphatic carbocycles. The van der Waals surface area contributed by atoms with Crippen LogP contribution in [-0.2, 0) is 0 Å². The zero-order chi connectivity index (χ0) is 12.0. The lowest BCUT2D eigenvalue weighted by Crippen LogP contribution is -2.41. The SMILES string of the molecule is CN(C(=O)c1cc(Br)cn1C1CC1)C1CCC1. The number of carbonyl (C=O) groups is 1. The van der Waals surface area contributed by atoms with Crippen LogP contribution in [0, 0.1) is 0 Å². The van der Waals surface area contributed by atoms with Gasteiger partial charge in [0.1, 0.15) is 5.69 Å². The molecule has 2 saturated carbocycles. The maximum atomic E-state index is 12.4. The maximum absolute atomic E-state index is 12.4. The van der Waals surface area contributed by atoms with Gasteiger partial charge in [-0.25, -0.2) is 0 Å². The van der Waals surface area contributed by atoms with Gasteiger partial charge < -0.3 is 9.47 Å². The molecule has 0 unspecified atom stereocenters. The third-order valence-corrected chi connectivity index (χ3v) is 4.35. The van der Waals surface area contributed by atoms with Crippen LogP contribution in [-0.4, -0.2) is 28.5 Å². The quantitative estimate of drug-likeness (QED) is 0.841.